The molecule has 0 unspecified atom stereocenters. The number of para-hydroxylation sites is 1. The molecule has 0 bridgehead atoms. The van der Waals surface area contributed by atoms with Crippen LogP contribution in [0.3, 0.4) is 0 Å². The first-order chi connectivity index (χ1) is 11.7. The fourth-order valence-corrected chi connectivity index (χ4v) is 2.93. The molecule has 0 saturated carbocycles. The van der Waals surface area contributed by atoms with Crippen LogP contribution in [0.25, 0.3) is 0 Å². The molecule has 0 radical (unpaired) electrons. The highest BCUT2D eigenvalue weighted by atomic mass is 16.5. The van der Waals surface area contributed by atoms with Crippen molar-refractivity contribution in [1.82, 2.24) is 9.78 Å². The first kappa shape index (κ1) is 16.6. The van der Waals surface area contributed by atoms with Crippen molar-refractivity contribution in [2.45, 2.75) is 33.4 Å². The van der Waals surface area contributed by atoms with Gasteiger partial charge in [-0.2, -0.15) is 5.10 Å². The van der Waals surface area contributed by atoms with Crippen molar-refractivity contribution in [3.63, 3.8) is 0 Å². The molecule has 0 fully saturated rings. The maximum atomic E-state index is 5.88. The summed E-state index contributed by atoms with van der Waals surface area (Å²) in [6, 6.07) is 6.04. The van der Waals surface area contributed by atoms with Gasteiger partial charge in [0.2, 0.25) is 0 Å². The fourth-order valence-electron chi connectivity index (χ4n) is 2.93. The SMILES string of the molecule is COCCn1nc(C)c(NCc2cccc3c2OCCCO3)c1C. The summed E-state index contributed by atoms with van der Waals surface area (Å²) in [5, 5.41) is 8.09. The van der Waals surface area contributed by atoms with E-state index in [2.05, 4.69) is 23.4 Å². The van der Waals surface area contributed by atoms with Crippen LogP contribution in [-0.4, -0.2) is 36.7 Å². The van der Waals surface area contributed by atoms with Crippen LogP contribution in [0.4, 0.5) is 5.69 Å². The van der Waals surface area contributed by atoms with E-state index in [4.69, 9.17) is 14.2 Å². The molecule has 6 nitrogen and oxygen atoms in total. The van der Waals surface area contributed by atoms with Crippen molar-refractivity contribution < 1.29 is 14.2 Å². The molecule has 1 aliphatic heterocycles. The average Bonchev–Trinajstić information content (AvgIpc) is 2.76. The van der Waals surface area contributed by atoms with E-state index >= 15 is 0 Å². The molecule has 130 valence electrons. The summed E-state index contributed by atoms with van der Waals surface area (Å²) in [6.07, 6.45) is 0.909. The van der Waals surface area contributed by atoms with Gasteiger partial charge in [0.25, 0.3) is 0 Å². The highest BCUT2D eigenvalue weighted by Gasteiger charge is 2.16. The largest absolute Gasteiger partial charge is 0.490 e. The summed E-state index contributed by atoms with van der Waals surface area (Å²) in [4.78, 5) is 0. The Kier molecular flexibility index (Phi) is 5.25. The molecular weight excluding hydrogens is 306 g/mol. The van der Waals surface area contributed by atoms with Gasteiger partial charge in [-0.25, -0.2) is 0 Å². The minimum Gasteiger partial charge on any atom is -0.490 e. The first-order valence-electron chi connectivity index (χ1n) is 8.35. The Bertz CT molecular complexity index is 697. The maximum absolute atomic E-state index is 5.88. The third-order valence-corrected chi connectivity index (χ3v) is 4.20. The van der Waals surface area contributed by atoms with E-state index in [0.717, 1.165) is 47.1 Å². The number of ether oxygens (including phenoxy) is 3. The van der Waals surface area contributed by atoms with Crippen LogP contribution in [0.15, 0.2) is 18.2 Å². The Morgan fingerprint density at radius 2 is 2.08 bits per heavy atom. The van der Waals surface area contributed by atoms with E-state index < -0.39 is 0 Å². The van der Waals surface area contributed by atoms with Gasteiger partial charge in [0.05, 0.1) is 43.4 Å². The lowest BCUT2D eigenvalue weighted by atomic mass is 10.1. The summed E-state index contributed by atoms with van der Waals surface area (Å²) >= 11 is 0. The van der Waals surface area contributed by atoms with Crippen molar-refractivity contribution in [3.8, 4) is 11.5 Å². The number of nitrogens with zero attached hydrogens (tertiary/aromatic N) is 2. The van der Waals surface area contributed by atoms with Gasteiger partial charge in [0.15, 0.2) is 11.5 Å². The lowest BCUT2D eigenvalue weighted by molar-refractivity contribution is 0.182. The number of fused-ring (bicyclic) bond motifs is 1. The van der Waals surface area contributed by atoms with Gasteiger partial charge in [-0.1, -0.05) is 12.1 Å². The molecule has 0 amide bonds. The van der Waals surface area contributed by atoms with Crippen molar-refractivity contribution in [2.24, 2.45) is 0 Å². The number of rotatable bonds is 6. The third kappa shape index (κ3) is 3.48. The zero-order valence-electron chi connectivity index (χ0n) is 14.6. The van der Waals surface area contributed by atoms with E-state index in [1.54, 1.807) is 7.11 Å². The molecule has 3 rings (SSSR count). The number of hydrogen-bond acceptors (Lipinski definition) is 5. The van der Waals surface area contributed by atoms with E-state index in [0.29, 0.717) is 26.4 Å². The van der Waals surface area contributed by atoms with Gasteiger partial charge >= 0.3 is 0 Å². The topological polar surface area (TPSA) is 57.5 Å². The van der Waals surface area contributed by atoms with Gasteiger partial charge in [-0.3, -0.25) is 4.68 Å². The molecule has 0 spiro atoms. The van der Waals surface area contributed by atoms with Crippen LogP contribution < -0.4 is 14.8 Å². The molecule has 2 aromatic rings. The lowest BCUT2D eigenvalue weighted by Gasteiger charge is -2.14. The Balaban J connectivity index is 1.76. The molecule has 1 N–H and O–H groups in total. The normalized spacial score (nSPS) is 13.6. The summed E-state index contributed by atoms with van der Waals surface area (Å²) in [6.45, 7) is 7.56. The quantitative estimate of drug-likeness (QED) is 0.882. The standard InChI is InChI=1S/C18H25N3O3/c1-13-17(14(2)21(20-13)8-11-22-3)19-12-15-6-4-7-16-18(15)24-10-5-9-23-16/h4,6-7,19H,5,8-12H2,1-3H3. The molecular formula is C18H25N3O3. The Morgan fingerprint density at radius 3 is 2.92 bits per heavy atom. The zero-order chi connectivity index (χ0) is 16.9. The number of nitrogens with one attached hydrogen (secondary N) is 1. The molecule has 0 atom stereocenters. The second-order valence-electron chi connectivity index (χ2n) is 5.91. The maximum Gasteiger partial charge on any atom is 0.166 e. The second kappa shape index (κ2) is 7.57. The number of aryl methyl sites for hydroxylation is 1. The predicted octanol–water partition coefficient (Wildman–Crippen LogP) is 2.92. The van der Waals surface area contributed by atoms with E-state index in [9.17, 15) is 0 Å². The highest BCUT2D eigenvalue weighted by Crippen LogP contribution is 2.34. The van der Waals surface area contributed by atoms with Crippen molar-refractivity contribution in [1.29, 1.82) is 0 Å². The van der Waals surface area contributed by atoms with Gasteiger partial charge in [0, 0.05) is 25.6 Å². The number of anilines is 1. The highest BCUT2D eigenvalue weighted by molar-refractivity contribution is 5.54. The molecule has 0 aliphatic carbocycles. The average molecular weight is 331 g/mol. The molecule has 2 heterocycles. The number of methoxy groups -OCH3 is 1. The molecule has 1 aromatic carbocycles. The molecule has 1 aromatic heterocycles. The molecule has 0 saturated heterocycles. The Morgan fingerprint density at radius 1 is 1.25 bits per heavy atom. The van der Waals surface area contributed by atoms with Crippen LogP contribution in [0.1, 0.15) is 23.4 Å². The molecule has 24 heavy (non-hydrogen) atoms. The van der Waals surface area contributed by atoms with E-state index in [1.165, 1.54) is 0 Å². The van der Waals surface area contributed by atoms with Gasteiger partial charge < -0.3 is 19.5 Å². The van der Waals surface area contributed by atoms with E-state index in [1.807, 2.05) is 23.7 Å². The predicted molar refractivity (Wildman–Crippen MR) is 93.0 cm³/mol. The monoisotopic (exact) mass is 331 g/mol. The van der Waals surface area contributed by atoms with Crippen molar-refractivity contribution in [2.75, 3.05) is 32.2 Å². The lowest BCUT2D eigenvalue weighted by Crippen LogP contribution is -2.08. The van der Waals surface area contributed by atoms with Crippen molar-refractivity contribution in [3.05, 3.63) is 35.2 Å². The van der Waals surface area contributed by atoms with Crippen molar-refractivity contribution >= 4 is 5.69 Å². The van der Waals surface area contributed by atoms with Gasteiger partial charge in [-0.05, 0) is 19.9 Å². The minimum atomic E-state index is 0.652. The van der Waals surface area contributed by atoms with Crippen LogP contribution in [-0.2, 0) is 17.8 Å². The number of benzene rings is 1. The fraction of sp³-hybridized carbons (Fsp3) is 0.500. The van der Waals surface area contributed by atoms with Gasteiger partial charge in [-0.15, -0.1) is 0 Å². The van der Waals surface area contributed by atoms with E-state index in [-0.39, 0.29) is 0 Å². The number of aromatic nitrogens is 2. The summed E-state index contributed by atoms with van der Waals surface area (Å²) in [5.41, 5.74) is 4.27. The zero-order valence-corrected chi connectivity index (χ0v) is 14.6. The molecule has 6 heteroatoms. The van der Waals surface area contributed by atoms with Crippen LogP contribution in [0, 0.1) is 13.8 Å². The molecule has 1 aliphatic rings. The second-order valence-corrected chi connectivity index (χ2v) is 5.91. The Labute approximate surface area is 142 Å². The van der Waals surface area contributed by atoms with Crippen LogP contribution in [0.2, 0.25) is 0 Å². The minimum absolute atomic E-state index is 0.652. The Hall–Kier alpha value is -2.21. The van der Waals surface area contributed by atoms with Crippen LogP contribution >= 0.6 is 0 Å². The summed E-state index contributed by atoms with van der Waals surface area (Å²) in [5.74, 6) is 1.68. The first-order valence-corrected chi connectivity index (χ1v) is 8.35. The summed E-state index contributed by atoms with van der Waals surface area (Å²) < 4.78 is 18.8. The third-order valence-electron chi connectivity index (χ3n) is 4.20. The van der Waals surface area contributed by atoms with Crippen LogP contribution in [0.5, 0.6) is 11.5 Å². The number of hydrogen-bond donors (Lipinski definition) is 1. The summed E-state index contributed by atoms with van der Waals surface area (Å²) in [7, 11) is 1.70. The van der Waals surface area contributed by atoms with Gasteiger partial charge in [0.1, 0.15) is 0 Å². The smallest absolute Gasteiger partial charge is 0.166 e.